The van der Waals surface area contributed by atoms with Gasteiger partial charge in [0.05, 0.1) is 22.6 Å². The Balaban J connectivity index is 2.43. The molecule has 0 bridgehead atoms. The average molecular weight is 295 g/mol. The van der Waals surface area contributed by atoms with Crippen molar-refractivity contribution in [1.82, 2.24) is 19.7 Å². The van der Waals surface area contributed by atoms with Crippen LogP contribution in [-0.4, -0.2) is 25.5 Å². The Labute approximate surface area is 107 Å². The first-order valence-corrected chi connectivity index (χ1v) is 5.97. The van der Waals surface area contributed by atoms with Crippen molar-refractivity contribution in [3.8, 4) is 0 Å². The quantitative estimate of drug-likeness (QED) is 0.813. The van der Waals surface area contributed by atoms with Crippen molar-refractivity contribution < 1.29 is 4.79 Å². The molecule has 5 nitrogen and oxygen atoms in total. The van der Waals surface area contributed by atoms with Gasteiger partial charge in [0.2, 0.25) is 5.78 Å². The molecule has 0 fully saturated rings. The topological polar surface area (TPSA) is 60.7 Å². The first-order valence-electron chi connectivity index (χ1n) is 5.18. The van der Waals surface area contributed by atoms with Crippen molar-refractivity contribution in [3.63, 3.8) is 0 Å². The monoisotopic (exact) mass is 294 g/mol. The maximum absolute atomic E-state index is 12.2. The number of carbonyl (C=O) groups excluding carboxylic acids is 1. The van der Waals surface area contributed by atoms with Gasteiger partial charge in [-0.1, -0.05) is 0 Å². The van der Waals surface area contributed by atoms with Gasteiger partial charge in [-0.2, -0.15) is 5.10 Å². The summed E-state index contributed by atoms with van der Waals surface area (Å²) in [5.74, 6) is -0.177. The van der Waals surface area contributed by atoms with Crippen LogP contribution in [0.25, 0.3) is 0 Å². The molecule has 0 spiro atoms. The molecule has 17 heavy (non-hydrogen) atoms. The molecule has 0 radical (unpaired) electrons. The van der Waals surface area contributed by atoms with Gasteiger partial charge in [0, 0.05) is 12.7 Å². The third kappa shape index (κ3) is 2.26. The smallest absolute Gasteiger partial charge is 0.232 e. The standard InChI is InChI=1S/C11H11BrN4O/c1-3-16-10(8(12)5-15-16)11(17)9-6-13-7(2)4-14-9/h4-6H,3H2,1-2H3. The summed E-state index contributed by atoms with van der Waals surface area (Å²) >= 11 is 3.32. The predicted molar refractivity (Wildman–Crippen MR) is 65.8 cm³/mol. The lowest BCUT2D eigenvalue weighted by Crippen LogP contribution is -2.13. The Morgan fingerprint density at radius 2 is 2.12 bits per heavy atom. The minimum atomic E-state index is -0.177. The third-order valence-corrected chi connectivity index (χ3v) is 2.90. The van der Waals surface area contributed by atoms with Crippen molar-refractivity contribution >= 4 is 21.7 Å². The summed E-state index contributed by atoms with van der Waals surface area (Å²) in [4.78, 5) is 20.4. The van der Waals surface area contributed by atoms with Crippen molar-refractivity contribution in [1.29, 1.82) is 0 Å². The zero-order chi connectivity index (χ0) is 12.4. The summed E-state index contributed by atoms with van der Waals surface area (Å²) in [6.07, 6.45) is 4.67. The van der Waals surface area contributed by atoms with Crippen LogP contribution in [0.2, 0.25) is 0 Å². The fourth-order valence-corrected chi connectivity index (χ4v) is 1.94. The highest BCUT2D eigenvalue weighted by atomic mass is 79.9. The number of rotatable bonds is 3. The second-order valence-corrected chi connectivity index (χ2v) is 4.38. The maximum Gasteiger partial charge on any atom is 0.232 e. The van der Waals surface area contributed by atoms with E-state index < -0.39 is 0 Å². The second kappa shape index (κ2) is 4.75. The van der Waals surface area contributed by atoms with E-state index in [2.05, 4.69) is 31.0 Å². The molecule has 0 aliphatic heterocycles. The molecule has 0 N–H and O–H groups in total. The minimum Gasteiger partial charge on any atom is -0.285 e. The van der Waals surface area contributed by atoms with Crippen LogP contribution in [0.1, 0.15) is 28.8 Å². The summed E-state index contributed by atoms with van der Waals surface area (Å²) in [5, 5.41) is 4.10. The molecule has 2 heterocycles. The molecular weight excluding hydrogens is 284 g/mol. The van der Waals surface area contributed by atoms with Gasteiger partial charge in [0.25, 0.3) is 0 Å². The fraction of sp³-hybridized carbons (Fsp3) is 0.273. The Morgan fingerprint density at radius 1 is 1.35 bits per heavy atom. The number of carbonyl (C=O) groups is 1. The average Bonchev–Trinajstić information content (AvgIpc) is 2.70. The lowest BCUT2D eigenvalue weighted by molar-refractivity contribution is 0.102. The Morgan fingerprint density at radius 3 is 2.71 bits per heavy atom. The van der Waals surface area contributed by atoms with E-state index in [9.17, 15) is 4.79 Å². The zero-order valence-corrected chi connectivity index (χ0v) is 11.1. The molecule has 0 aliphatic carbocycles. The normalized spacial score (nSPS) is 10.5. The highest BCUT2D eigenvalue weighted by Crippen LogP contribution is 2.18. The summed E-state index contributed by atoms with van der Waals surface area (Å²) in [6.45, 7) is 4.39. The van der Waals surface area contributed by atoms with Crippen LogP contribution < -0.4 is 0 Å². The second-order valence-electron chi connectivity index (χ2n) is 3.53. The summed E-state index contributed by atoms with van der Waals surface area (Å²) in [5.41, 5.74) is 1.61. The minimum absolute atomic E-state index is 0.177. The third-order valence-electron chi connectivity index (χ3n) is 2.32. The van der Waals surface area contributed by atoms with Gasteiger partial charge in [-0.3, -0.25) is 14.5 Å². The van der Waals surface area contributed by atoms with Gasteiger partial charge in [0.1, 0.15) is 11.4 Å². The Kier molecular flexibility index (Phi) is 3.33. The molecule has 0 saturated heterocycles. The SMILES string of the molecule is CCn1ncc(Br)c1C(=O)c1cnc(C)cn1. The number of aromatic nitrogens is 4. The molecule has 0 atom stereocenters. The molecule has 0 unspecified atom stereocenters. The lowest BCUT2D eigenvalue weighted by Gasteiger charge is -2.04. The molecule has 0 saturated carbocycles. The van der Waals surface area contributed by atoms with E-state index in [4.69, 9.17) is 0 Å². The molecule has 0 aromatic carbocycles. The van der Waals surface area contributed by atoms with Gasteiger partial charge >= 0.3 is 0 Å². The lowest BCUT2D eigenvalue weighted by atomic mass is 10.2. The summed E-state index contributed by atoms with van der Waals surface area (Å²) in [7, 11) is 0. The van der Waals surface area contributed by atoms with E-state index in [-0.39, 0.29) is 5.78 Å². The summed E-state index contributed by atoms with van der Waals surface area (Å²) < 4.78 is 2.31. The number of hydrogen-bond acceptors (Lipinski definition) is 4. The molecule has 6 heteroatoms. The van der Waals surface area contributed by atoms with Crippen LogP contribution in [0.5, 0.6) is 0 Å². The first-order chi connectivity index (χ1) is 8.13. The molecule has 0 amide bonds. The van der Waals surface area contributed by atoms with Crippen molar-refractivity contribution in [2.75, 3.05) is 0 Å². The fourth-order valence-electron chi connectivity index (χ4n) is 1.46. The van der Waals surface area contributed by atoms with Gasteiger partial charge in [-0.05, 0) is 29.8 Å². The summed E-state index contributed by atoms with van der Waals surface area (Å²) in [6, 6.07) is 0. The highest BCUT2D eigenvalue weighted by molar-refractivity contribution is 9.10. The number of halogens is 1. The van der Waals surface area contributed by atoms with Crippen molar-refractivity contribution in [2.45, 2.75) is 20.4 Å². The number of hydrogen-bond donors (Lipinski definition) is 0. The van der Waals surface area contributed by atoms with Crippen LogP contribution in [0, 0.1) is 6.92 Å². The zero-order valence-electron chi connectivity index (χ0n) is 9.51. The Bertz CT molecular complexity index is 547. The maximum atomic E-state index is 12.2. The predicted octanol–water partition coefficient (Wildman–Crippen LogP) is 1.99. The molecule has 2 rings (SSSR count). The molecule has 88 valence electrons. The number of ketones is 1. The molecule has 2 aromatic heterocycles. The molecular formula is C11H11BrN4O. The number of aryl methyl sites for hydroxylation is 2. The highest BCUT2D eigenvalue weighted by Gasteiger charge is 2.19. The van der Waals surface area contributed by atoms with E-state index in [1.54, 1.807) is 17.1 Å². The van der Waals surface area contributed by atoms with Crippen molar-refractivity contribution in [2.24, 2.45) is 0 Å². The van der Waals surface area contributed by atoms with E-state index >= 15 is 0 Å². The van der Waals surface area contributed by atoms with Crippen LogP contribution in [0.15, 0.2) is 23.1 Å². The van der Waals surface area contributed by atoms with Crippen LogP contribution in [0.3, 0.4) is 0 Å². The Hall–Kier alpha value is -1.56. The van der Waals surface area contributed by atoms with Crippen LogP contribution in [0.4, 0.5) is 0 Å². The van der Waals surface area contributed by atoms with Gasteiger partial charge in [-0.15, -0.1) is 0 Å². The van der Waals surface area contributed by atoms with Gasteiger partial charge in [-0.25, -0.2) is 4.98 Å². The van der Waals surface area contributed by atoms with Gasteiger partial charge < -0.3 is 0 Å². The first kappa shape index (κ1) is 11.9. The van der Waals surface area contributed by atoms with Crippen LogP contribution >= 0.6 is 15.9 Å². The van der Waals surface area contributed by atoms with E-state index in [0.717, 1.165) is 5.69 Å². The largest absolute Gasteiger partial charge is 0.285 e. The number of nitrogens with zero attached hydrogens (tertiary/aromatic N) is 4. The van der Waals surface area contributed by atoms with Crippen LogP contribution in [-0.2, 0) is 6.54 Å². The molecule has 0 aliphatic rings. The molecule has 2 aromatic rings. The van der Waals surface area contributed by atoms with Crippen molar-refractivity contribution in [3.05, 3.63) is 40.1 Å². The van der Waals surface area contributed by atoms with E-state index in [1.165, 1.54) is 6.20 Å². The van der Waals surface area contributed by atoms with E-state index in [1.807, 2.05) is 13.8 Å². The van der Waals surface area contributed by atoms with E-state index in [0.29, 0.717) is 22.4 Å². The van der Waals surface area contributed by atoms with Gasteiger partial charge in [0.15, 0.2) is 0 Å².